The van der Waals surface area contributed by atoms with Gasteiger partial charge in [0.25, 0.3) is 0 Å². The molecule has 1 aliphatic carbocycles. The Bertz CT molecular complexity index is 117. The molecular formula is C11H20. The summed E-state index contributed by atoms with van der Waals surface area (Å²) < 4.78 is 0. The van der Waals surface area contributed by atoms with Crippen LogP contribution in [0.5, 0.6) is 0 Å². The molecule has 1 rings (SSSR count). The molecule has 0 aromatic carbocycles. The van der Waals surface area contributed by atoms with Gasteiger partial charge in [-0.25, -0.2) is 0 Å². The third-order valence-corrected chi connectivity index (χ3v) is 2.62. The van der Waals surface area contributed by atoms with Crippen molar-refractivity contribution >= 4 is 0 Å². The Balaban J connectivity index is 2.39. The molecule has 0 nitrogen and oxygen atoms in total. The summed E-state index contributed by atoms with van der Waals surface area (Å²) >= 11 is 0. The zero-order valence-corrected chi connectivity index (χ0v) is 7.90. The Hall–Kier alpha value is -0.260. The molecule has 0 spiro atoms. The Morgan fingerprint density at radius 2 is 1.36 bits per heavy atom. The Kier molecular flexibility index (Phi) is 3.16. The van der Waals surface area contributed by atoms with E-state index < -0.39 is 0 Å². The van der Waals surface area contributed by atoms with Crippen molar-refractivity contribution in [2.75, 3.05) is 0 Å². The normalized spacial score (nSPS) is 28.2. The van der Waals surface area contributed by atoms with Gasteiger partial charge in [0.15, 0.2) is 0 Å². The van der Waals surface area contributed by atoms with Crippen LogP contribution in [0.25, 0.3) is 0 Å². The summed E-state index contributed by atoms with van der Waals surface area (Å²) in [7, 11) is 0. The van der Waals surface area contributed by atoms with Crippen LogP contribution in [0.15, 0.2) is 12.2 Å². The van der Waals surface area contributed by atoms with Crippen LogP contribution in [0, 0.1) is 5.41 Å². The molecule has 0 atom stereocenters. The van der Waals surface area contributed by atoms with Gasteiger partial charge in [0.1, 0.15) is 0 Å². The topological polar surface area (TPSA) is 0 Å². The first-order chi connectivity index (χ1) is 5.21. The first-order valence-electron chi connectivity index (χ1n) is 4.86. The molecule has 0 aromatic rings. The molecular weight excluding hydrogens is 132 g/mol. The Morgan fingerprint density at radius 3 is 1.82 bits per heavy atom. The zero-order chi connectivity index (χ0) is 8.16. The van der Waals surface area contributed by atoms with Crippen molar-refractivity contribution in [3.63, 3.8) is 0 Å². The average Bonchev–Trinajstić information content (AvgIpc) is 2.00. The molecule has 0 saturated carbocycles. The van der Waals surface area contributed by atoms with Gasteiger partial charge in [-0.2, -0.15) is 0 Å². The van der Waals surface area contributed by atoms with Gasteiger partial charge in [0.05, 0.1) is 0 Å². The molecule has 0 amide bonds. The van der Waals surface area contributed by atoms with Gasteiger partial charge in [0.2, 0.25) is 0 Å². The van der Waals surface area contributed by atoms with Crippen LogP contribution < -0.4 is 0 Å². The van der Waals surface area contributed by atoms with Crippen molar-refractivity contribution in [3.8, 4) is 0 Å². The maximum atomic E-state index is 2.40. The van der Waals surface area contributed by atoms with E-state index in [4.69, 9.17) is 0 Å². The van der Waals surface area contributed by atoms with E-state index in [0.29, 0.717) is 5.41 Å². The molecule has 0 aliphatic heterocycles. The fourth-order valence-corrected chi connectivity index (χ4v) is 1.76. The smallest absolute Gasteiger partial charge is 0.0351 e. The maximum Gasteiger partial charge on any atom is -0.0351 e. The van der Waals surface area contributed by atoms with Crippen LogP contribution in [0.3, 0.4) is 0 Å². The number of hydrogen-bond donors (Lipinski definition) is 0. The highest BCUT2D eigenvalue weighted by Crippen LogP contribution is 2.30. The highest BCUT2D eigenvalue weighted by molar-refractivity contribution is 4.85. The van der Waals surface area contributed by atoms with E-state index in [9.17, 15) is 0 Å². The fraction of sp³-hybridized carbons (Fsp3) is 0.818. The summed E-state index contributed by atoms with van der Waals surface area (Å²) in [6, 6.07) is 0. The molecule has 0 aromatic heterocycles. The monoisotopic (exact) mass is 152 g/mol. The van der Waals surface area contributed by atoms with E-state index in [0.717, 1.165) is 0 Å². The molecule has 0 heteroatoms. The van der Waals surface area contributed by atoms with Gasteiger partial charge in [-0.15, -0.1) is 0 Å². The molecule has 0 unspecified atom stereocenters. The molecule has 1 aliphatic rings. The van der Waals surface area contributed by atoms with E-state index in [1.807, 2.05) is 0 Å². The lowest BCUT2D eigenvalue weighted by Crippen LogP contribution is -2.10. The Labute approximate surface area is 70.7 Å². The van der Waals surface area contributed by atoms with E-state index in [2.05, 4.69) is 26.0 Å². The molecule has 0 saturated heterocycles. The summed E-state index contributed by atoms with van der Waals surface area (Å²) in [6.07, 6.45) is 12.8. The lowest BCUT2D eigenvalue weighted by atomic mass is 9.83. The molecule has 0 fully saturated rings. The van der Waals surface area contributed by atoms with Crippen LogP contribution in [0.1, 0.15) is 52.4 Å². The second kappa shape index (κ2) is 3.94. The fourth-order valence-electron chi connectivity index (χ4n) is 1.76. The minimum atomic E-state index is 0.603. The summed E-state index contributed by atoms with van der Waals surface area (Å²) in [5.74, 6) is 0. The van der Waals surface area contributed by atoms with Crippen LogP contribution >= 0.6 is 0 Å². The van der Waals surface area contributed by atoms with Crippen molar-refractivity contribution in [1.29, 1.82) is 0 Å². The molecule has 0 bridgehead atoms. The SMILES string of the molecule is CC1(C)CCC/C=C\CCC1. The number of allylic oxidation sites excluding steroid dienone is 2. The highest BCUT2D eigenvalue weighted by atomic mass is 14.2. The third-order valence-electron chi connectivity index (χ3n) is 2.62. The van der Waals surface area contributed by atoms with Gasteiger partial charge >= 0.3 is 0 Å². The van der Waals surface area contributed by atoms with Gasteiger partial charge in [0, 0.05) is 0 Å². The predicted molar refractivity (Wildman–Crippen MR) is 50.6 cm³/mol. The summed E-state index contributed by atoms with van der Waals surface area (Å²) in [4.78, 5) is 0. The predicted octanol–water partition coefficient (Wildman–Crippen LogP) is 3.92. The molecule has 64 valence electrons. The van der Waals surface area contributed by atoms with Gasteiger partial charge in [-0.3, -0.25) is 0 Å². The Morgan fingerprint density at radius 1 is 0.909 bits per heavy atom. The van der Waals surface area contributed by atoms with Crippen LogP contribution in [-0.2, 0) is 0 Å². The largest absolute Gasteiger partial charge is 0.0885 e. The molecule has 0 heterocycles. The average molecular weight is 152 g/mol. The first kappa shape index (κ1) is 8.83. The quantitative estimate of drug-likeness (QED) is 0.461. The summed E-state index contributed by atoms with van der Waals surface area (Å²) in [6.45, 7) is 4.80. The maximum absolute atomic E-state index is 2.40. The van der Waals surface area contributed by atoms with Crippen LogP contribution in [0.4, 0.5) is 0 Å². The van der Waals surface area contributed by atoms with Gasteiger partial charge < -0.3 is 0 Å². The second-order valence-corrected chi connectivity index (χ2v) is 4.42. The summed E-state index contributed by atoms with van der Waals surface area (Å²) in [5.41, 5.74) is 0.603. The first-order valence-corrected chi connectivity index (χ1v) is 4.86. The lowest BCUT2D eigenvalue weighted by Gasteiger charge is -2.23. The minimum absolute atomic E-state index is 0.603. The highest BCUT2D eigenvalue weighted by Gasteiger charge is 2.16. The summed E-state index contributed by atoms with van der Waals surface area (Å²) in [5, 5.41) is 0. The van der Waals surface area contributed by atoms with E-state index in [-0.39, 0.29) is 0 Å². The second-order valence-electron chi connectivity index (χ2n) is 4.42. The zero-order valence-electron chi connectivity index (χ0n) is 7.90. The standard InChI is InChI=1S/C11H20/c1-11(2)9-7-5-3-4-6-8-10-11/h3-4H,5-10H2,1-2H3/b4-3-. The third kappa shape index (κ3) is 3.60. The molecule has 0 radical (unpaired) electrons. The lowest BCUT2D eigenvalue weighted by molar-refractivity contribution is 0.295. The molecule has 0 N–H and O–H groups in total. The van der Waals surface area contributed by atoms with Crippen molar-refractivity contribution in [2.24, 2.45) is 5.41 Å². The van der Waals surface area contributed by atoms with Crippen LogP contribution in [-0.4, -0.2) is 0 Å². The van der Waals surface area contributed by atoms with Gasteiger partial charge in [-0.1, -0.05) is 26.0 Å². The van der Waals surface area contributed by atoms with Crippen LogP contribution in [0.2, 0.25) is 0 Å². The molecule has 11 heavy (non-hydrogen) atoms. The number of hydrogen-bond acceptors (Lipinski definition) is 0. The number of rotatable bonds is 0. The van der Waals surface area contributed by atoms with Crippen molar-refractivity contribution in [1.82, 2.24) is 0 Å². The van der Waals surface area contributed by atoms with E-state index in [1.165, 1.54) is 38.5 Å². The van der Waals surface area contributed by atoms with Crippen molar-refractivity contribution in [2.45, 2.75) is 52.4 Å². The van der Waals surface area contributed by atoms with Crippen molar-refractivity contribution < 1.29 is 0 Å². The van der Waals surface area contributed by atoms with Gasteiger partial charge in [-0.05, 0) is 43.9 Å². The van der Waals surface area contributed by atoms with Crippen molar-refractivity contribution in [3.05, 3.63) is 12.2 Å². The minimum Gasteiger partial charge on any atom is -0.0885 e. The van der Waals surface area contributed by atoms with E-state index in [1.54, 1.807) is 0 Å². The van der Waals surface area contributed by atoms with E-state index >= 15 is 0 Å².